The molecule has 7 heteroatoms. The van der Waals surface area contributed by atoms with Crippen molar-refractivity contribution in [3.63, 3.8) is 0 Å². The van der Waals surface area contributed by atoms with Crippen LogP contribution in [0.5, 0.6) is 0 Å². The van der Waals surface area contributed by atoms with E-state index in [9.17, 15) is 0 Å². The van der Waals surface area contributed by atoms with E-state index in [0.29, 0.717) is 0 Å². The van der Waals surface area contributed by atoms with Gasteiger partial charge in [0, 0.05) is 65.3 Å². The largest absolute Gasteiger partial charge is 0.356 e. The highest BCUT2D eigenvalue weighted by atomic mass is 15.3. The Hall–Kier alpha value is -2.67. The molecule has 1 aromatic carbocycles. The van der Waals surface area contributed by atoms with Crippen molar-refractivity contribution in [2.75, 3.05) is 57.8 Å². The van der Waals surface area contributed by atoms with E-state index in [4.69, 9.17) is 0 Å². The van der Waals surface area contributed by atoms with Crippen molar-refractivity contribution in [2.45, 2.75) is 19.4 Å². The maximum absolute atomic E-state index is 4.51. The van der Waals surface area contributed by atoms with E-state index in [-0.39, 0.29) is 0 Å². The zero-order chi connectivity index (χ0) is 19.9. The van der Waals surface area contributed by atoms with E-state index in [1.807, 2.05) is 25.5 Å². The molecule has 2 aliphatic rings. The minimum absolute atomic E-state index is 0.848. The van der Waals surface area contributed by atoms with Gasteiger partial charge in [0.2, 0.25) is 5.95 Å². The molecule has 0 atom stereocenters. The molecule has 1 saturated heterocycles. The van der Waals surface area contributed by atoms with Crippen LogP contribution >= 0.6 is 0 Å². The number of piperazine rings is 1. The lowest BCUT2D eigenvalue weighted by molar-refractivity contribution is 0.253. The molecule has 0 amide bonds. The Morgan fingerprint density at radius 1 is 1.00 bits per heavy atom. The number of aromatic nitrogens is 2. The Kier molecular flexibility index (Phi) is 6.56. The van der Waals surface area contributed by atoms with Gasteiger partial charge in [0.1, 0.15) is 0 Å². The Morgan fingerprint density at radius 3 is 2.52 bits per heavy atom. The topological polar surface area (TPSA) is 59.9 Å². The Morgan fingerprint density at radius 2 is 1.76 bits per heavy atom. The van der Waals surface area contributed by atoms with Crippen molar-refractivity contribution >= 4 is 11.9 Å². The second-order valence-electron chi connectivity index (χ2n) is 7.65. The van der Waals surface area contributed by atoms with Crippen LogP contribution in [0.15, 0.2) is 47.7 Å². The number of rotatable bonds is 5. The molecule has 0 spiro atoms. The number of hydrogen-bond acceptors (Lipinski definition) is 5. The van der Waals surface area contributed by atoms with Gasteiger partial charge >= 0.3 is 0 Å². The SMILES string of the molecule is CN=C(NCCCN1CCN(c2ncccn2)CC1)N1CCc2ccccc2C1. The average Bonchev–Trinajstić information content (AvgIpc) is 2.80. The number of hydrogen-bond donors (Lipinski definition) is 1. The first-order chi connectivity index (χ1) is 14.3. The van der Waals surface area contributed by atoms with E-state index >= 15 is 0 Å². The number of nitrogens with one attached hydrogen (secondary N) is 1. The van der Waals surface area contributed by atoms with E-state index in [2.05, 4.69) is 59.2 Å². The first kappa shape index (κ1) is 19.6. The van der Waals surface area contributed by atoms with Gasteiger partial charge in [-0.25, -0.2) is 9.97 Å². The molecular weight excluding hydrogens is 362 g/mol. The number of aliphatic imine (C=N–C) groups is 1. The molecule has 0 saturated carbocycles. The zero-order valence-corrected chi connectivity index (χ0v) is 17.3. The van der Waals surface area contributed by atoms with Crippen molar-refractivity contribution in [2.24, 2.45) is 4.99 Å². The maximum Gasteiger partial charge on any atom is 0.225 e. The van der Waals surface area contributed by atoms with Gasteiger partial charge in [0.15, 0.2) is 5.96 Å². The van der Waals surface area contributed by atoms with E-state index in [1.54, 1.807) is 0 Å². The van der Waals surface area contributed by atoms with Crippen molar-refractivity contribution in [1.82, 2.24) is 25.1 Å². The van der Waals surface area contributed by atoms with E-state index in [1.165, 1.54) is 11.1 Å². The Labute approximate surface area is 173 Å². The summed E-state index contributed by atoms with van der Waals surface area (Å²) in [5.74, 6) is 1.87. The molecule has 0 bridgehead atoms. The molecule has 1 aromatic heterocycles. The third-order valence-corrected chi connectivity index (χ3v) is 5.78. The fraction of sp³-hybridized carbons (Fsp3) is 0.500. The van der Waals surface area contributed by atoms with Gasteiger partial charge in [-0.15, -0.1) is 0 Å². The molecule has 2 aliphatic heterocycles. The highest BCUT2D eigenvalue weighted by Gasteiger charge is 2.20. The number of fused-ring (bicyclic) bond motifs is 1. The molecule has 3 heterocycles. The smallest absolute Gasteiger partial charge is 0.225 e. The summed E-state index contributed by atoms with van der Waals surface area (Å²) in [5, 5.41) is 3.56. The molecule has 7 nitrogen and oxygen atoms in total. The second kappa shape index (κ2) is 9.69. The van der Waals surface area contributed by atoms with Crippen LogP contribution in [0, 0.1) is 0 Å². The van der Waals surface area contributed by atoms with Gasteiger partial charge in [-0.3, -0.25) is 9.89 Å². The Balaban J connectivity index is 1.17. The standard InChI is InChI=1S/C22H31N7/c1-23-21(29-13-8-19-6-2-3-7-20(19)18-29)24-11-5-12-27-14-16-28(17-15-27)22-25-9-4-10-26-22/h2-4,6-7,9-10H,5,8,11-18H2,1H3,(H,23,24). The van der Waals surface area contributed by atoms with Crippen LogP contribution in [0.4, 0.5) is 5.95 Å². The van der Waals surface area contributed by atoms with Crippen LogP contribution in [0.2, 0.25) is 0 Å². The minimum Gasteiger partial charge on any atom is -0.356 e. The van der Waals surface area contributed by atoms with Gasteiger partial charge in [-0.05, 0) is 36.6 Å². The summed E-state index contributed by atoms with van der Waals surface area (Å²) in [6.07, 6.45) is 5.83. The summed E-state index contributed by atoms with van der Waals surface area (Å²) < 4.78 is 0. The summed E-state index contributed by atoms with van der Waals surface area (Å²) in [4.78, 5) is 20.4. The first-order valence-electron chi connectivity index (χ1n) is 10.6. The van der Waals surface area contributed by atoms with Gasteiger partial charge < -0.3 is 15.1 Å². The summed E-state index contributed by atoms with van der Waals surface area (Å²) in [6, 6.07) is 10.6. The van der Waals surface area contributed by atoms with Crippen LogP contribution in [0.1, 0.15) is 17.5 Å². The van der Waals surface area contributed by atoms with Crippen LogP contribution in [0.3, 0.4) is 0 Å². The highest BCUT2D eigenvalue weighted by Crippen LogP contribution is 2.18. The fourth-order valence-corrected chi connectivity index (χ4v) is 4.14. The molecule has 1 fully saturated rings. The Bertz CT molecular complexity index is 800. The predicted octanol–water partition coefficient (Wildman–Crippen LogP) is 1.62. The molecule has 2 aromatic rings. The van der Waals surface area contributed by atoms with E-state index < -0.39 is 0 Å². The molecule has 0 unspecified atom stereocenters. The van der Waals surface area contributed by atoms with Gasteiger partial charge in [0.05, 0.1) is 0 Å². The highest BCUT2D eigenvalue weighted by molar-refractivity contribution is 5.80. The summed E-state index contributed by atoms with van der Waals surface area (Å²) in [7, 11) is 1.88. The molecule has 29 heavy (non-hydrogen) atoms. The van der Waals surface area contributed by atoms with Crippen molar-refractivity contribution in [3.05, 3.63) is 53.9 Å². The van der Waals surface area contributed by atoms with Gasteiger partial charge in [0.25, 0.3) is 0 Å². The van der Waals surface area contributed by atoms with Gasteiger partial charge in [-0.2, -0.15) is 0 Å². The van der Waals surface area contributed by atoms with E-state index in [0.717, 1.165) is 77.1 Å². The van der Waals surface area contributed by atoms with Crippen LogP contribution in [0.25, 0.3) is 0 Å². The van der Waals surface area contributed by atoms with Crippen LogP contribution < -0.4 is 10.2 Å². The third-order valence-electron chi connectivity index (χ3n) is 5.78. The minimum atomic E-state index is 0.848. The monoisotopic (exact) mass is 393 g/mol. The van der Waals surface area contributed by atoms with Crippen molar-refractivity contribution < 1.29 is 0 Å². The zero-order valence-electron chi connectivity index (χ0n) is 17.3. The molecule has 1 N–H and O–H groups in total. The lowest BCUT2D eigenvalue weighted by Crippen LogP contribution is -2.48. The predicted molar refractivity (Wildman–Crippen MR) is 117 cm³/mol. The molecule has 0 aliphatic carbocycles. The normalized spacial score (nSPS) is 17.9. The fourth-order valence-electron chi connectivity index (χ4n) is 4.14. The average molecular weight is 394 g/mol. The van der Waals surface area contributed by atoms with Crippen LogP contribution in [-0.4, -0.2) is 78.6 Å². The number of guanidine groups is 1. The number of anilines is 1. The van der Waals surface area contributed by atoms with Crippen molar-refractivity contribution in [3.8, 4) is 0 Å². The first-order valence-corrected chi connectivity index (χ1v) is 10.6. The molecular formula is C22H31N7. The maximum atomic E-state index is 4.51. The molecule has 154 valence electrons. The van der Waals surface area contributed by atoms with Crippen LogP contribution in [-0.2, 0) is 13.0 Å². The lowest BCUT2D eigenvalue weighted by Gasteiger charge is -2.35. The quantitative estimate of drug-likeness (QED) is 0.473. The summed E-state index contributed by atoms with van der Waals surface area (Å²) >= 11 is 0. The third kappa shape index (κ3) is 5.03. The molecule has 4 rings (SSSR count). The summed E-state index contributed by atoms with van der Waals surface area (Å²) in [6.45, 7) is 8.15. The number of benzene rings is 1. The number of nitrogens with zero attached hydrogens (tertiary/aromatic N) is 6. The second-order valence-corrected chi connectivity index (χ2v) is 7.65. The van der Waals surface area contributed by atoms with Crippen molar-refractivity contribution in [1.29, 1.82) is 0 Å². The summed E-state index contributed by atoms with van der Waals surface area (Å²) in [5.41, 5.74) is 2.89. The lowest BCUT2D eigenvalue weighted by atomic mass is 10.0. The van der Waals surface area contributed by atoms with Gasteiger partial charge in [-0.1, -0.05) is 24.3 Å². The molecule has 0 radical (unpaired) electrons.